The highest BCUT2D eigenvalue weighted by molar-refractivity contribution is 5.88. The first-order chi connectivity index (χ1) is 12.7. The minimum Gasteiger partial charge on any atom is -0.497 e. The molecule has 0 atom stereocenters. The molecule has 1 aromatic heterocycles. The lowest BCUT2D eigenvalue weighted by atomic mass is 10.2. The van der Waals surface area contributed by atoms with Crippen LogP contribution in [0.2, 0.25) is 0 Å². The van der Waals surface area contributed by atoms with Gasteiger partial charge in [0.1, 0.15) is 12.4 Å². The zero-order valence-electron chi connectivity index (χ0n) is 15.1. The second-order valence-electron chi connectivity index (χ2n) is 6.00. The van der Waals surface area contributed by atoms with E-state index in [-0.39, 0.29) is 11.3 Å². The number of unbranched alkanes of at least 4 members (excludes halogenated alkanes) is 1. The molecule has 0 aliphatic carbocycles. The van der Waals surface area contributed by atoms with Crippen molar-refractivity contribution in [2.24, 2.45) is 0 Å². The number of aromatic amines is 1. The molecule has 0 amide bonds. The molecule has 1 heterocycles. The van der Waals surface area contributed by atoms with Gasteiger partial charge in [0.15, 0.2) is 5.75 Å². The molecule has 5 heteroatoms. The molecule has 26 heavy (non-hydrogen) atoms. The number of H-pyrrole nitrogens is 1. The summed E-state index contributed by atoms with van der Waals surface area (Å²) in [5, 5.41) is 0.796. The fourth-order valence-electron chi connectivity index (χ4n) is 2.68. The van der Waals surface area contributed by atoms with Crippen molar-refractivity contribution in [1.29, 1.82) is 0 Å². The van der Waals surface area contributed by atoms with E-state index in [2.05, 4.69) is 11.9 Å². The molecule has 0 unspecified atom stereocenters. The molecule has 2 aromatic carbocycles. The smallest absolute Gasteiger partial charge is 0.294 e. The second-order valence-corrected chi connectivity index (χ2v) is 6.00. The van der Waals surface area contributed by atoms with E-state index in [0.29, 0.717) is 30.2 Å². The maximum atomic E-state index is 12.6. The number of hydrogen-bond donors (Lipinski definition) is 1. The van der Waals surface area contributed by atoms with Crippen molar-refractivity contribution in [2.45, 2.75) is 26.4 Å². The van der Waals surface area contributed by atoms with Crippen LogP contribution in [0, 0.1) is 0 Å². The number of hydrogen-bond acceptors (Lipinski definition) is 4. The molecule has 0 radical (unpaired) electrons. The van der Waals surface area contributed by atoms with Gasteiger partial charge in [0, 0.05) is 11.5 Å². The Hall–Kier alpha value is -2.95. The van der Waals surface area contributed by atoms with Crippen LogP contribution < -0.4 is 19.8 Å². The number of nitrogens with one attached hydrogen (secondary N) is 1. The molecule has 1 N–H and O–H groups in total. The van der Waals surface area contributed by atoms with E-state index >= 15 is 0 Å². The van der Waals surface area contributed by atoms with Crippen molar-refractivity contribution in [1.82, 2.24) is 4.98 Å². The van der Waals surface area contributed by atoms with Crippen molar-refractivity contribution in [3.8, 4) is 17.2 Å². The third-order valence-electron chi connectivity index (χ3n) is 4.10. The number of benzene rings is 2. The largest absolute Gasteiger partial charge is 0.497 e. The van der Waals surface area contributed by atoms with E-state index < -0.39 is 0 Å². The summed E-state index contributed by atoms with van der Waals surface area (Å²) in [6.45, 7) is 2.93. The maximum absolute atomic E-state index is 12.6. The normalized spacial score (nSPS) is 10.7. The van der Waals surface area contributed by atoms with Gasteiger partial charge in [-0.2, -0.15) is 0 Å². The van der Waals surface area contributed by atoms with E-state index in [1.54, 1.807) is 13.2 Å². The van der Waals surface area contributed by atoms with Crippen molar-refractivity contribution < 1.29 is 14.2 Å². The van der Waals surface area contributed by atoms with Crippen LogP contribution in [0.3, 0.4) is 0 Å². The summed E-state index contributed by atoms with van der Waals surface area (Å²) < 4.78 is 17.0. The van der Waals surface area contributed by atoms with Crippen LogP contribution in [0.4, 0.5) is 0 Å². The summed E-state index contributed by atoms with van der Waals surface area (Å²) in [6.07, 6.45) is 1.91. The zero-order valence-corrected chi connectivity index (χ0v) is 15.1. The second kappa shape index (κ2) is 8.43. The average Bonchev–Trinajstić information content (AvgIpc) is 2.67. The molecule has 0 spiro atoms. The first kappa shape index (κ1) is 17.9. The molecule has 0 aliphatic rings. The number of fused-ring (bicyclic) bond motifs is 1. The zero-order chi connectivity index (χ0) is 18.4. The molecule has 0 saturated carbocycles. The highest BCUT2D eigenvalue weighted by Crippen LogP contribution is 2.33. The van der Waals surface area contributed by atoms with E-state index in [4.69, 9.17) is 14.2 Å². The quantitative estimate of drug-likeness (QED) is 0.614. The lowest BCUT2D eigenvalue weighted by Gasteiger charge is -2.15. The lowest BCUT2D eigenvalue weighted by molar-refractivity contribution is 0.258. The Bertz CT molecular complexity index is 918. The van der Waals surface area contributed by atoms with Gasteiger partial charge in [-0.1, -0.05) is 43.7 Å². The van der Waals surface area contributed by atoms with Gasteiger partial charge in [-0.3, -0.25) is 4.79 Å². The molecule has 0 fully saturated rings. The van der Waals surface area contributed by atoms with Crippen LogP contribution in [-0.4, -0.2) is 18.7 Å². The highest BCUT2D eigenvalue weighted by Gasteiger charge is 2.16. The van der Waals surface area contributed by atoms with Gasteiger partial charge < -0.3 is 19.2 Å². The Labute approximate surface area is 152 Å². The van der Waals surface area contributed by atoms with Crippen molar-refractivity contribution in [3.05, 3.63) is 64.4 Å². The molecule has 0 aliphatic heterocycles. The average molecular weight is 353 g/mol. The lowest BCUT2D eigenvalue weighted by Crippen LogP contribution is -2.14. The van der Waals surface area contributed by atoms with Crippen LogP contribution in [0.25, 0.3) is 10.9 Å². The third kappa shape index (κ3) is 3.99. The Morgan fingerprint density at radius 3 is 2.54 bits per heavy atom. The van der Waals surface area contributed by atoms with Gasteiger partial charge in [0.05, 0.1) is 19.2 Å². The van der Waals surface area contributed by atoms with Gasteiger partial charge in [-0.05, 0) is 24.1 Å². The molecule has 3 aromatic rings. The van der Waals surface area contributed by atoms with Crippen LogP contribution in [0.5, 0.6) is 17.2 Å². The fraction of sp³-hybridized carbons (Fsp3) is 0.286. The summed E-state index contributed by atoms with van der Waals surface area (Å²) in [5.41, 5.74) is 1.34. The molecular formula is C21H23NO4. The summed E-state index contributed by atoms with van der Waals surface area (Å²) in [4.78, 5) is 15.5. The number of methoxy groups -OCH3 is 1. The van der Waals surface area contributed by atoms with E-state index in [9.17, 15) is 4.79 Å². The minimum absolute atomic E-state index is 0.211. The van der Waals surface area contributed by atoms with Crippen LogP contribution in [-0.2, 0) is 6.61 Å². The van der Waals surface area contributed by atoms with Gasteiger partial charge in [0.2, 0.25) is 5.75 Å². The molecule has 136 valence electrons. The van der Waals surface area contributed by atoms with E-state index in [1.165, 1.54) is 0 Å². The van der Waals surface area contributed by atoms with Gasteiger partial charge in [-0.25, -0.2) is 0 Å². The standard InChI is InChI=1S/C21H23NO4/c1-3-4-12-25-19-17-11-10-16(24-2)13-18(17)22-21(23)20(19)26-14-15-8-6-5-7-9-15/h5-11,13H,3-4,12,14H2,1-2H3,(H,22,23). The number of aromatic nitrogens is 1. The molecule has 0 saturated heterocycles. The topological polar surface area (TPSA) is 60.5 Å². The molecule has 0 bridgehead atoms. The predicted octanol–water partition coefficient (Wildman–Crippen LogP) is 4.29. The summed E-state index contributed by atoms with van der Waals surface area (Å²) >= 11 is 0. The first-order valence-corrected chi connectivity index (χ1v) is 8.76. The predicted molar refractivity (Wildman–Crippen MR) is 102 cm³/mol. The van der Waals surface area contributed by atoms with Gasteiger partial charge >= 0.3 is 0 Å². The Morgan fingerprint density at radius 2 is 1.81 bits per heavy atom. The van der Waals surface area contributed by atoms with Crippen LogP contribution >= 0.6 is 0 Å². The number of rotatable bonds is 8. The maximum Gasteiger partial charge on any atom is 0.294 e. The third-order valence-corrected chi connectivity index (χ3v) is 4.10. The van der Waals surface area contributed by atoms with Crippen LogP contribution in [0.1, 0.15) is 25.3 Å². The fourth-order valence-corrected chi connectivity index (χ4v) is 2.68. The number of ether oxygens (including phenoxy) is 3. The Kier molecular flexibility index (Phi) is 5.79. The van der Waals surface area contributed by atoms with Crippen molar-refractivity contribution in [2.75, 3.05) is 13.7 Å². The minimum atomic E-state index is -0.312. The van der Waals surface area contributed by atoms with Crippen molar-refractivity contribution in [3.63, 3.8) is 0 Å². The van der Waals surface area contributed by atoms with Crippen LogP contribution in [0.15, 0.2) is 53.3 Å². The first-order valence-electron chi connectivity index (χ1n) is 8.76. The summed E-state index contributed by atoms with van der Waals surface area (Å²) in [7, 11) is 1.59. The highest BCUT2D eigenvalue weighted by atomic mass is 16.5. The van der Waals surface area contributed by atoms with Crippen molar-refractivity contribution >= 4 is 10.9 Å². The van der Waals surface area contributed by atoms with Gasteiger partial charge in [-0.15, -0.1) is 0 Å². The monoisotopic (exact) mass is 353 g/mol. The molecule has 5 nitrogen and oxygen atoms in total. The SMILES string of the molecule is CCCCOc1c(OCc2ccccc2)c(=O)[nH]c2cc(OC)ccc12. The van der Waals surface area contributed by atoms with E-state index in [1.807, 2.05) is 42.5 Å². The number of pyridine rings is 1. The Balaban J connectivity index is 2.00. The summed E-state index contributed by atoms with van der Waals surface area (Å²) in [5.74, 6) is 1.36. The Morgan fingerprint density at radius 1 is 1.00 bits per heavy atom. The molecule has 3 rings (SSSR count). The summed E-state index contributed by atoms with van der Waals surface area (Å²) in [6, 6.07) is 15.2. The molecular weight excluding hydrogens is 330 g/mol. The van der Waals surface area contributed by atoms with Gasteiger partial charge in [0.25, 0.3) is 5.56 Å². The van der Waals surface area contributed by atoms with E-state index in [0.717, 1.165) is 23.8 Å².